The van der Waals surface area contributed by atoms with Gasteiger partial charge in [0.1, 0.15) is 0 Å². The molecule has 1 heterocycles. The summed E-state index contributed by atoms with van der Waals surface area (Å²) in [5.41, 5.74) is 1.96. The number of aromatic nitrogens is 1. The number of thiazole rings is 1. The Morgan fingerprint density at radius 2 is 2.04 bits per heavy atom. The van der Waals surface area contributed by atoms with Crippen LogP contribution in [-0.4, -0.2) is 22.0 Å². The molecule has 0 unspecified atom stereocenters. The van der Waals surface area contributed by atoms with E-state index in [1.807, 2.05) is 44.4 Å². The molecule has 0 bridgehead atoms. The van der Waals surface area contributed by atoms with Crippen LogP contribution in [0.2, 0.25) is 0 Å². The van der Waals surface area contributed by atoms with Crippen molar-refractivity contribution in [3.63, 3.8) is 0 Å². The van der Waals surface area contributed by atoms with E-state index in [1.54, 1.807) is 17.4 Å². The van der Waals surface area contributed by atoms with Crippen LogP contribution in [0.4, 0.5) is 5.69 Å². The third-order valence-electron chi connectivity index (χ3n) is 4.42. The Bertz CT molecular complexity index is 782. The van der Waals surface area contributed by atoms with Crippen molar-refractivity contribution in [2.75, 3.05) is 5.32 Å². The van der Waals surface area contributed by atoms with E-state index in [1.165, 1.54) is 0 Å². The summed E-state index contributed by atoms with van der Waals surface area (Å²) in [7, 11) is 0. The number of nitrogens with one attached hydrogen (secondary N) is 1. The van der Waals surface area contributed by atoms with Crippen molar-refractivity contribution >= 4 is 28.9 Å². The van der Waals surface area contributed by atoms with Crippen LogP contribution in [0.3, 0.4) is 0 Å². The molecule has 1 amide bonds. The summed E-state index contributed by atoms with van der Waals surface area (Å²) < 4.78 is 0. The Hall–Kier alpha value is -2.21. The zero-order valence-corrected chi connectivity index (χ0v) is 14.0. The van der Waals surface area contributed by atoms with Gasteiger partial charge in [-0.05, 0) is 24.5 Å². The van der Waals surface area contributed by atoms with Crippen molar-refractivity contribution in [3.8, 4) is 11.3 Å². The fraction of sp³-hybridized carbons (Fsp3) is 0.353. The van der Waals surface area contributed by atoms with E-state index in [-0.39, 0.29) is 5.91 Å². The number of hydrogen-bond donors (Lipinski definition) is 2. The Labute approximate surface area is 138 Å². The van der Waals surface area contributed by atoms with Gasteiger partial charge in [-0.1, -0.05) is 26.0 Å². The van der Waals surface area contributed by atoms with Gasteiger partial charge in [0.15, 0.2) is 0 Å². The van der Waals surface area contributed by atoms with Gasteiger partial charge in [-0.2, -0.15) is 0 Å². The molecular formula is C17H18N2O3S. The molecule has 0 radical (unpaired) electrons. The standard InChI is InChI=1S/C17H18N2O3S/c1-9-18-12(8-23-9)10-5-4-6-11(7-10)19-15(20)13-14(16(21)22)17(13,2)3/h4-8,13-14H,1-3H3,(H,19,20)(H,21,22)/t13-,14+/m1/s1. The van der Waals surface area contributed by atoms with Crippen LogP contribution in [0.1, 0.15) is 18.9 Å². The summed E-state index contributed by atoms with van der Waals surface area (Å²) >= 11 is 1.57. The molecular weight excluding hydrogens is 312 g/mol. The Morgan fingerprint density at radius 3 is 2.61 bits per heavy atom. The number of nitrogens with zero attached hydrogens (tertiary/aromatic N) is 1. The highest BCUT2D eigenvalue weighted by Crippen LogP contribution is 2.58. The number of anilines is 1. The molecule has 2 atom stereocenters. The van der Waals surface area contributed by atoms with Gasteiger partial charge in [-0.15, -0.1) is 11.3 Å². The highest BCUT2D eigenvalue weighted by Gasteiger charge is 2.65. The van der Waals surface area contributed by atoms with Gasteiger partial charge in [-0.3, -0.25) is 9.59 Å². The van der Waals surface area contributed by atoms with Crippen molar-refractivity contribution in [2.45, 2.75) is 20.8 Å². The molecule has 1 aromatic carbocycles. The molecule has 1 saturated carbocycles. The first kappa shape index (κ1) is 15.7. The predicted octanol–water partition coefficient (Wildman–Crippen LogP) is 3.41. The quantitative estimate of drug-likeness (QED) is 0.900. The summed E-state index contributed by atoms with van der Waals surface area (Å²) in [6, 6.07) is 7.45. The lowest BCUT2D eigenvalue weighted by atomic mass is 10.1. The van der Waals surface area contributed by atoms with Gasteiger partial charge in [0.2, 0.25) is 5.91 Å². The number of carboxylic acid groups (broad SMARTS) is 1. The van der Waals surface area contributed by atoms with E-state index in [2.05, 4.69) is 10.3 Å². The van der Waals surface area contributed by atoms with E-state index in [0.29, 0.717) is 5.69 Å². The maximum Gasteiger partial charge on any atom is 0.307 e. The molecule has 5 nitrogen and oxygen atoms in total. The van der Waals surface area contributed by atoms with Crippen LogP contribution >= 0.6 is 11.3 Å². The number of carboxylic acids is 1. The topological polar surface area (TPSA) is 79.3 Å². The minimum atomic E-state index is -0.915. The molecule has 6 heteroatoms. The van der Waals surface area contributed by atoms with Gasteiger partial charge >= 0.3 is 5.97 Å². The minimum Gasteiger partial charge on any atom is -0.481 e. The van der Waals surface area contributed by atoms with Crippen molar-refractivity contribution in [1.29, 1.82) is 0 Å². The summed E-state index contributed by atoms with van der Waals surface area (Å²) in [5.74, 6) is -2.27. The number of carbonyl (C=O) groups is 2. The van der Waals surface area contributed by atoms with Crippen molar-refractivity contribution in [1.82, 2.24) is 4.98 Å². The Kier molecular flexibility index (Phi) is 3.72. The number of benzene rings is 1. The highest BCUT2D eigenvalue weighted by molar-refractivity contribution is 7.09. The second kappa shape index (κ2) is 5.45. The van der Waals surface area contributed by atoms with Crippen LogP contribution in [0, 0.1) is 24.2 Å². The summed E-state index contributed by atoms with van der Waals surface area (Å²) in [6.45, 7) is 5.57. The molecule has 2 N–H and O–H groups in total. The fourth-order valence-electron chi connectivity index (χ4n) is 3.06. The predicted molar refractivity (Wildman–Crippen MR) is 89.3 cm³/mol. The van der Waals surface area contributed by atoms with E-state index in [0.717, 1.165) is 16.3 Å². The second-order valence-corrected chi connectivity index (χ2v) is 7.50. The maximum absolute atomic E-state index is 12.4. The molecule has 0 spiro atoms. The van der Waals surface area contributed by atoms with Crippen LogP contribution in [0.25, 0.3) is 11.3 Å². The zero-order valence-electron chi connectivity index (χ0n) is 13.2. The van der Waals surface area contributed by atoms with Gasteiger partial charge in [-0.25, -0.2) is 4.98 Å². The molecule has 1 aliphatic carbocycles. The van der Waals surface area contributed by atoms with Gasteiger partial charge in [0.05, 0.1) is 22.5 Å². The normalized spacial score (nSPS) is 21.7. The fourth-order valence-corrected chi connectivity index (χ4v) is 3.68. The first-order chi connectivity index (χ1) is 10.8. The van der Waals surface area contributed by atoms with Crippen LogP contribution in [0.15, 0.2) is 29.6 Å². The molecule has 3 rings (SSSR count). The van der Waals surface area contributed by atoms with Crippen LogP contribution in [0.5, 0.6) is 0 Å². The summed E-state index contributed by atoms with van der Waals surface area (Å²) in [6.07, 6.45) is 0. The SMILES string of the molecule is Cc1nc(-c2cccc(NC(=O)[C@H]3[C@@H](C(=O)O)C3(C)C)c2)cs1. The Balaban J connectivity index is 1.76. The van der Waals surface area contributed by atoms with Gasteiger partial charge in [0.25, 0.3) is 0 Å². The first-order valence-electron chi connectivity index (χ1n) is 7.37. The van der Waals surface area contributed by atoms with E-state index < -0.39 is 23.2 Å². The number of rotatable bonds is 4. The first-order valence-corrected chi connectivity index (χ1v) is 8.25. The van der Waals surface area contributed by atoms with E-state index in [4.69, 9.17) is 0 Å². The van der Waals surface area contributed by atoms with Crippen LogP contribution in [-0.2, 0) is 9.59 Å². The molecule has 23 heavy (non-hydrogen) atoms. The molecule has 0 aliphatic heterocycles. The molecule has 2 aromatic rings. The van der Waals surface area contributed by atoms with Gasteiger partial charge in [0, 0.05) is 16.6 Å². The average Bonchev–Trinajstić information content (AvgIpc) is 2.83. The summed E-state index contributed by atoms with van der Waals surface area (Å²) in [5, 5.41) is 15.0. The highest BCUT2D eigenvalue weighted by atomic mass is 32.1. The van der Waals surface area contributed by atoms with E-state index >= 15 is 0 Å². The maximum atomic E-state index is 12.4. The molecule has 120 valence electrons. The minimum absolute atomic E-state index is 0.242. The third-order valence-corrected chi connectivity index (χ3v) is 5.19. The molecule has 1 fully saturated rings. The number of amides is 1. The van der Waals surface area contributed by atoms with Crippen molar-refractivity contribution < 1.29 is 14.7 Å². The van der Waals surface area contributed by atoms with E-state index in [9.17, 15) is 14.7 Å². The molecule has 1 aliphatic rings. The second-order valence-electron chi connectivity index (χ2n) is 6.44. The lowest BCUT2D eigenvalue weighted by molar-refractivity contribution is -0.140. The monoisotopic (exact) mass is 330 g/mol. The lowest BCUT2D eigenvalue weighted by Gasteiger charge is -2.07. The largest absolute Gasteiger partial charge is 0.481 e. The smallest absolute Gasteiger partial charge is 0.307 e. The number of carbonyl (C=O) groups excluding carboxylic acids is 1. The number of aliphatic carboxylic acids is 1. The lowest BCUT2D eigenvalue weighted by Crippen LogP contribution is -2.17. The average molecular weight is 330 g/mol. The molecule has 0 saturated heterocycles. The third kappa shape index (κ3) is 2.86. The number of hydrogen-bond acceptors (Lipinski definition) is 4. The molecule has 1 aromatic heterocycles. The van der Waals surface area contributed by atoms with Gasteiger partial charge < -0.3 is 10.4 Å². The zero-order chi connectivity index (χ0) is 16.8. The van der Waals surface area contributed by atoms with Crippen LogP contribution < -0.4 is 5.32 Å². The van der Waals surface area contributed by atoms with Crippen molar-refractivity contribution in [2.24, 2.45) is 17.3 Å². The summed E-state index contributed by atoms with van der Waals surface area (Å²) in [4.78, 5) is 28.0. The number of aryl methyl sites for hydroxylation is 1. The Morgan fingerprint density at radius 1 is 1.30 bits per heavy atom. The van der Waals surface area contributed by atoms with Crippen molar-refractivity contribution in [3.05, 3.63) is 34.7 Å².